The summed E-state index contributed by atoms with van der Waals surface area (Å²) in [6.07, 6.45) is 1.74. The summed E-state index contributed by atoms with van der Waals surface area (Å²) in [5, 5.41) is 0. The van der Waals surface area contributed by atoms with Crippen LogP contribution in [0.25, 0.3) is 6.08 Å². The topological polar surface area (TPSA) is 88.4 Å². The van der Waals surface area contributed by atoms with Crippen LogP contribution in [0.3, 0.4) is 0 Å². The Labute approximate surface area is 206 Å². The summed E-state index contributed by atoms with van der Waals surface area (Å²) < 4.78 is 23.8. The van der Waals surface area contributed by atoms with E-state index >= 15 is 0 Å². The average Bonchev–Trinajstić information content (AvgIpc) is 3.17. The normalized spacial score (nSPS) is 15.3. The molecule has 1 aliphatic rings. The van der Waals surface area contributed by atoms with E-state index in [9.17, 15) is 9.59 Å². The first-order valence-electron chi connectivity index (χ1n) is 11.0. The van der Waals surface area contributed by atoms with E-state index in [1.54, 1.807) is 53.4 Å². The maximum absolute atomic E-state index is 13.8. The van der Waals surface area contributed by atoms with Gasteiger partial charge >= 0.3 is 5.97 Å². The van der Waals surface area contributed by atoms with Crippen LogP contribution < -0.4 is 29.1 Å². The van der Waals surface area contributed by atoms with Crippen molar-refractivity contribution in [3.8, 4) is 17.2 Å². The van der Waals surface area contributed by atoms with Crippen LogP contribution in [0.4, 0.5) is 0 Å². The quantitative estimate of drug-likeness (QED) is 0.470. The minimum atomic E-state index is -0.754. The molecule has 0 unspecified atom stereocenters. The second-order valence-corrected chi connectivity index (χ2v) is 8.64. The SMILES string of the molecule is CCOC(=O)C1=C(C)N=c2s/c(=C\c3cccc(OC)c3OC)c(=O)n2[C@H]1c1ccccc1OC. The van der Waals surface area contributed by atoms with Crippen molar-refractivity contribution in [2.45, 2.75) is 19.9 Å². The van der Waals surface area contributed by atoms with Crippen molar-refractivity contribution >= 4 is 23.4 Å². The smallest absolute Gasteiger partial charge is 0.338 e. The number of carbonyl (C=O) groups is 1. The van der Waals surface area contributed by atoms with Crippen molar-refractivity contribution < 1.29 is 23.7 Å². The Morgan fingerprint density at radius 3 is 2.46 bits per heavy atom. The van der Waals surface area contributed by atoms with Crippen LogP contribution in [0.5, 0.6) is 17.2 Å². The second kappa shape index (κ2) is 10.2. The van der Waals surface area contributed by atoms with E-state index in [1.807, 2.05) is 30.3 Å². The molecule has 9 heteroatoms. The number of allylic oxidation sites excluding steroid dienone is 1. The standard InChI is InChI=1S/C26H26N2O6S/c1-6-34-25(30)21-15(2)27-26-28(22(21)17-11-7-8-12-18(17)31-3)24(29)20(35-26)14-16-10-9-13-19(32-4)23(16)33-5/h7-14,22H,6H2,1-5H3/b20-14-/t22-/m0/s1. The molecule has 0 saturated carbocycles. The molecule has 182 valence electrons. The van der Waals surface area contributed by atoms with Gasteiger partial charge < -0.3 is 18.9 Å². The number of hydrogen-bond donors (Lipinski definition) is 0. The predicted octanol–water partition coefficient (Wildman–Crippen LogP) is 2.82. The molecule has 35 heavy (non-hydrogen) atoms. The van der Waals surface area contributed by atoms with Gasteiger partial charge in [0.2, 0.25) is 0 Å². The first-order chi connectivity index (χ1) is 16.9. The van der Waals surface area contributed by atoms with Gasteiger partial charge in [-0.2, -0.15) is 0 Å². The lowest BCUT2D eigenvalue weighted by Crippen LogP contribution is -2.40. The number of esters is 1. The van der Waals surface area contributed by atoms with Crippen molar-refractivity contribution in [1.82, 2.24) is 4.57 Å². The lowest BCUT2D eigenvalue weighted by Gasteiger charge is -2.25. The lowest BCUT2D eigenvalue weighted by atomic mass is 9.95. The Kier molecular flexibility index (Phi) is 7.07. The highest BCUT2D eigenvalue weighted by atomic mass is 32.1. The summed E-state index contributed by atoms with van der Waals surface area (Å²) in [7, 11) is 4.66. The van der Waals surface area contributed by atoms with Gasteiger partial charge in [-0.15, -0.1) is 0 Å². The average molecular weight is 495 g/mol. The highest BCUT2D eigenvalue weighted by molar-refractivity contribution is 7.07. The molecule has 0 spiro atoms. The molecular formula is C26H26N2O6S. The molecule has 1 aromatic heterocycles. The lowest BCUT2D eigenvalue weighted by molar-refractivity contribution is -0.139. The zero-order valence-electron chi connectivity index (χ0n) is 20.2. The summed E-state index contributed by atoms with van der Waals surface area (Å²) in [5.41, 5.74) is 1.86. The number of hydrogen-bond acceptors (Lipinski definition) is 8. The van der Waals surface area contributed by atoms with Crippen molar-refractivity contribution in [1.29, 1.82) is 0 Å². The summed E-state index contributed by atoms with van der Waals surface area (Å²) >= 11 is 1.24. The number of rotatable bonds is 7. The number of aromatic nitrogens is 1. The molecule has 0 aliphatic carbocycles. The van der Waals surface area contributed by atoms with Crippen LogP contribution in [0.1, 0.15) is 31.0 Å². The highest BCUT2D eigenvalue weighted by Crippen LogP contribution is 2.36. The summed E-state index contributed by atoms with van der Waals surface area (Å²) in [5.74, 6) is 1.11. The number of carbonyl (C=O) groups excluding carboxylic acids is 1. The molecule has 3 aromatic rings. The van der Waals surface area contributed by atoms with E-state index in [4.69, 9.17) is 18.9 Å². The van der Waals surface area contributed by atoms with E-state index in [-0.39, 0.29) is 12.2 Å². The molecule has 2 heterocycles. The Bertz CT molecular complexity index is 1480. The molecule has 4 rings (SSSR count). The van der Waals surface area contributed by atoms with Gasteiger partial charge in [0, 0.05) is 11.1 Å². The summed E-state index contributed by atoms with van der Waals surface area (Å²) in [6, 6.07) is 12.0. The number of ether oxygens (including phenoxy) is 4. The maximum atomic E-state index is 13.8. The molecule has 1 aliphatic heterocycles. The van der Waals surface area contributed by atoms with E-state index in [0.29, 0.717) is 49.0 Å². The van der Waals surface area contributed by atoms with Gasteiger partial charge in [-0.05, 0) is 32.1 Å². The van der Waals surface area contributed by atoms with Crippen molar-refractivity contribution in [3.63, 3.8) is 0 Å². The summed E-state index contributed by atoms with van der Waals surface area (Å²) in [6.45, 7) is 3.69. The Morgan fingerprint density at radius 1 is 1.06 bits per heavy atom. The largest absolute Gasteiger partial charge is 0.496 e. The van der Waals surface area contributed by atoms with E-state index in [1.165, 1.54) is 15.9 Å². The van der Waals surface area contributed by atoms with Gasteiger partial charge in [-0.3, -0.25) is 9.36 Å². The summed E-state index contributed by atoms with van der Waals surface area (Å²) in [4.78, 5) is 31.9. The van der Waals surface area contributed by atoms with Crippen molar-refractivity contribution in [3.05, 3.63) is 84.5 Å². The van der Waals surface area contributed by atoms with Gasteiger partial charge in [0.1, 0.15) is 11.8 Å². The number of thiazole rings is 1. The minimum absolute atomic E-state index is 0.203. The van der Waals surface area contributed by atoms with Crippen LogP contribution in [-0.2, 0) is 9.53 Å². The molecule has 0 radical (unpaired) electrons. The molecule has 0 N–H and O–H groups in total. The molecule has 8 nitrogen and oxygen atoms in total. The third kappa shape index (κ3) is 4.35. The monoisotopic (exact) mass is 494 g/mol. The number of methoxy groups -OCH3 is 3. The van der Waals surface area contributed by atoms with E-state index in [2.05, 4.69) is 4.99 Å². The van der Waals surface area contributed by atoms with Gasteiger partial charge in [0.15, 0.2) is 16.3 Å². The molecule has 2 aromatic carbocycles. The minimum Gasteiger partial charge on any atom is -0.496 e. The molecule has 0 amide bonds. The van der Waals surface area contributed by atoms with Gasteiger partial charge in [0.25, 0.3) is 5.56 Å². The number of benzene rings is 2. The fourth-order valence-corrected chi connectivity index (χ4v) is 5.18. The molecule has 0 fully saturated rings. The van der Waals surface area contributed by atoms with Gasteiger partial charge in [-0.1, -0.05) is 41.7 Å². The molecule has 0 saturated heterocycles. The fourth-order valence-electron chi connectivity index (χ4n) is 4.14. The van der Waals surface area contributed by atoms with Gasteiger partial charge in [0.05, 0.1) is 43.7 Å². The van der Waals surface area contributed by atoms with Crippen LogP contribution >= 0.6 is 11.3 Å². The molecular weight excluding hydrogens is 468 g/mol. The first kappa shape index (κ1) is 24.3. The fraction of sp³-hybridized carbons (Fsp3) is 0.269. The zero-order valence-corrected chi connectivity index (χ0v) is 21.0. The van der Waals surface area contributed by atoms with E-state index in [0.717, 1.165) is 0 Å². The second-order valence-electron chi connectivity index (χ2n) is 7.63. The first-order valence-corrected chi connectivity index (χ1v) is 11.8. The van der Waals surface area contributed by atoms with Crippen LogP contribution in [-0.4, -0.2) is 38.5 Å². The zero-order chi connectivity index (χ0) is 25.1. The van der Waals surface area contributed by atoms with Crippen LogP contribution in [0.15, 0.2) is 63.5 Å². The van der Waals surface area contributed by atoms with Crippen LogP contribution in [0, 0.1) is 0 Å². The molecule has 1 atom stereocenters. The highest BCUT2D eigenvalue weighted by Gasteiger charge is 2.35. The number of para-hydroxylation sites is 2. The third-order valence-electron chi connectivity index (χ3n) is 5.67. The molecule has 0 bridgehead atoms. The number of fused-ring (bicyclic) bond motifs is 1. The van der Waals surface area contributed by atoms with Crippen molar-refractivity contribution in [2.24, 2.45) is 4.99 Å². The van der Waals surface area contributed by atoms with Gasteiger partial charge in [-0.25, -0.2) is 9.79 Å². The maximum Gasteiger partial charge on any atom is 0.338 e. The predicted molar refractivity (Wildman–Crippen MR) is 133 cm³/mol. The van der Waals surface area contributed by atoms with Crippen molar-refractivity contribution in [2.75, 3.05) is 27.9 Å². The van der Waals surface area contributed by atoms with Crippen LogP contribution in [0.2, 0.25) is 0 Å². The Hall–Kier alpha value is -3.85. The Morgan fingerprint density at radius 2 is 1.77 bits per heavy atom. The number of nitrogens with zero attached hydrogens (tertiary/aromatic N) is 2. The van der Waals surface area contributed by atoms with E-state index < -0.39 is 12.0 Å². The Balaban J connectivity index is 2.00. The third-order valence-corrected chi connectivity index (χ3v) is 6.65.